The molecule has 4 aliphatic rings. The molecule has 0 bridgehead atoms. The zero-order valence-electron chi connectivity index (χ0n) is 33.0. The molecule has 6 rings (SSSR count). The minimum Gasteiger partial charge on any atom is -0.458 e. The van der Waals surface area contributed by atoms with Gasteiger partial charge in [-0.3, -0.25) is 29.0 Å². The first-order valence-corrected chi connectivity index (χ1v) is 19.8. The molecule has 0 radical (unpaired) electrons. The van der Waals surface area contributed by atoms with Crippen molar-refractivity contribution < 1.29 is 47.1 Å². The Labute approximate surface area is 334 Å². The third-order valence-corrected chi connectivity index (χ3v) is 11.2. The first kappa shape index (κ1) is 41.9. The quantitative estimate of drug-likeness (QED) is 0.315. The molecule has 18 heteroatoms. The lowest BCUT2D eigenvalue weighted by atomic mass is 9.99. The van der Waals surface area contributed by atoms with Gasteiger partial charge in [-0.05, 0) is 95.0 Å². The molecule has 4 N–H and O–H groups in total. The second-order valence-electron chi connectivity index (χ2n) is 15.8. The molecule has 4 fully saturated rings. The summed E-state index contributed by atoms with van der Waals surface area (Å²) >= 11 is 0. The number of carbonyl (C=O) groups excluding carboxylic acids is 7. The summed E-state index contributed by atoms with van der Waals surface area (Å²) in [6.45, 7) is 7.10. The Morgan fingerprint density at radius 2 is 1.57 bits per heavy atom. The van der Waals surface area contributed by atoms with E-state index in [4.69, 9.17) is 4.74 Å². The van der Waals surface area contributed by atoms with Gasteiger partial charge in [-0.25, -0.2) is 18.4 Å². The molecule has 1 aromatic carbocycles. The number of halogens is 2. The van der Waals surface area contributed by atoms with Crippen LogP contribution in [0, 0.1) is 24.5 Å². The number of aromatic nitrogens is 1. The summed E-state index contributed by atoms with van der Waals surface area (Å²) < 4.78 is 34.5. The summed E-state index contributed by atoms with van der Waals surface area (Å²) in [6, 6.07) is -2.14. The van der Waals surface area contributed by atoms with E-state index in [1.165, 1.54) is 34.7 Å². The van der Waals surface area contributed by atoms with Crippen LogP contribution >= 0.6 is 0 Å². The minimum absolute atomic E-state index is 0.0124. The van der Waals surface area contributed by atoms with Gasteiger partial charge in [-0.1, -0.05) is 6.92 Å². The van der Waals surface area contributed by atoms with Crippen LogP contribution in [0.4, 0.5) is 19.3 Å². The number of carbonyl (C=O) groups is 7. The topological polar surface area (TPSA) is 199 Å². The Bertz CT molecular complexity index is 1910. The number of rotatable bonds is 6. The van der Waals surface area contributed by atoms with Crippen LogP contribution in [0.5, 0.6) is 0 Å². The summed E-state index contributed by atoms with van der Waals surface area (Å²) in [5.41, 5.74) is 0.983. The number of nitrogens with zero attached hydrogens (tertiary/aromatic N) is 4. The van der Waals surface area contributed by atoms with Gasteiger partial charge in [-0.15, -0.1) is 0 Å². The maximum Gasteiger partial charge on any atom is 0.329 e. The van der Waals surface area contributed by atoms with Gasteiger partial charge in [0.2, 0.25) is 29.5 Å². The van der Waals surface area contributed by atoms with Crippen LogP contribution in [0.15, 0.2) is 36.5 Å². The number of pyridine rings is 1. The summed E-state index contributed by atoms with van der Waals surface area (Å²) in [5.74, 6) is -6.01. The van der Waals surface area contributed by atoms with Gasteiger partial charge in [0.15, 0.2) is 0 Å². The molecular formula is C40H50F2N8O8. The highest BCUT2D eigenvalue weighted by atomic mass is 19.1. The molecule has 5 heterocycles. The zero-order valence-corrected chi connectivity index (χ0v) is 33.0. The van der Waals surface area contributed by atoms with E-state index in [1.54, 1.807) is 19.1 Å². The van der Waals surface area contributed by atoms with Crippen LogP contribution in [-0.4, -0.2) is 123 Å². The number of anilines is 1. The fourth-order valence-corrected chi connectivity index (χ4v) is 8.26. The Hall–Kier alpha value is -5.68. The molecule has 4 aliphatic heterocycles. The largest absolute Gasteiger partial charge is 0.458 e. The molecule has 2 aromatic rings. The minimum atomic E-state index is -1.63. The molecule has 58 heavy (non-hydrogen) atoms. The van der Waals surface area contributed by atoms with Crippen LogP contribution in [-0.2, 0) is 39.9 Å². The summed E-state index contributed by atoms with van der Waals surface area (Å²) in [4.78, 5) is 106. The van der Waals surface area contributed by atoms with E-state index in [-0.39, 0.29) is 49.6 Å². The van der Waals surface area contributed by atoms with Crippen LogP contribution in [0.25, 0.3) is 0 Å². The highest BCUT2D eigenvalue weighted by Gasteiger charge is 2.47. The van der Waals surface area contributed by atoms with Crippen LogP contribution < -0.4 is 21.3 Å². The van der Waals surface area contributed by atoms with Gasteiger partial charge in [-0.2, -0.15) is 0 Å². The third kappa shape index (κ3) is 9.53. The van der Waals surface area contributed by atoms with Gasteiger partial charge in [0, 0.05) is 37.8 Å². The Kier molecular flexibility index (Phi) is 12.9. The van der Waals surface area contributed by atoms with Crippen molar-refractivity contribution in [3.05, 3.63) is 59.4 Å². The number of fused-ring (bicyclic) bond motifs is 3. The lowest BCUT2D eigenvalue weighted by Crippen LogP contribution is -2.63. The van der Waals surface area contributed by atoms with Crippen molar-refractivity contribution in [3.63, 3.8) is 0 Å². The number of urea groups is 1. The van der Waals surface area contributed by atoms with Gasteiger partial charge in [0.25, 0.3) is 0 Å². The highest BCUT2D eigenvalue weighted by molar-refractivity contribution is 5.98. The van der Waals surface area contributed by atoms with E-state index in [0.717, 1.165) is 12.1 Å². The summed E-state index contributed by atoms with van der Waals surface area (Å²) in [5, 5.41) is 10.5. The van der Waals surface area contributed by atoms with E-state index >= 15 is 0 Å². The molecular weight excluding hydrogens is 758 g/mol. The lowest BCUT2D eigenvalue weighted by Gasteiger charge is -2.39. The van der Waals surface area contributed by atoms with Crippen molar-refractivity contribution in [3.8, 4) is 0 Å². The van der Waals surface area contributed by atoms with E-state index in [0.29, 0.717) is 37.4 Å². The molecule has 1 aromatic heterocycles. The number of aryl methyl sites for hydroxylation is 1. The number of piperidine rings is 1. The van der Waals surface area contributed by atoms with Gasteiger partial charge in [0.1, 0.15) is 54.0 Å². The van der Waals surface area contributed by atoms with Crippen molar-refractivity contribution in [1.82, 2.24) is 35.6 Å². The Morgan fingerprint density at radius 3 is 2.28 bits per heavy atom. The summed E-state index contributed by atoms with van der Waals surface area (Å²) in [7, 11) is 0. The van der Waals surface area contributed by atoms with Crippen LogP contribution in [0.1, 0.15) is 70.6 Å². The number of amides is 7. The first-order chi connectivity index (χ1) is 27.6. The normalized spacial score (nSPS) is 27.5. The van der Waals surface area contributed by atoms with Crippen molar-refractivity contribution >= 4 is 47.2 Å². The fourth-order valence-electron chi connectivity index (χ4n) is 8.26. The number of esters is 1. The van der Waals surface area contributed by atoms with Crippen molar-refractivity contribution in [2.24, 2.45) is 5.92 Å². The molecule has 16 nitrogen and oxygen atoms in total. The Balaban J connectivity index is 1.34. The predicted molar refractivity (Wildman–Crippen MR) is 203 cm³/mol. The molecule has 0 spiro atoms. The van der Waals surface area contributed by atoms with Crippen LogP contribution in [0.3, 0.4) is 0 Å². The smallest absolute Gasteiger partial charge is 0.329 e. The molecule has 312 valence electrons. The molecule has 0 aliphatic carbocycles. The second kappa shape index (κ2) is 17.9. The van der Waals surface area contributed by atoms with E-state index < -0.39 is 102 Å². The first-order valence-electron chi connectivity index (χ1n) is 19.8. The highest BCUT2D eigenvalue weighted by Crippen LogP contribution is 2.29. The van der Waals surface area contributed by atoms with Crippen molar-refractivity contribution in [1.29, 1.82) is 0 Å². The second-order valence-corrected chi connectivity index (χ2v) is 15.8. The molecule has 0 saturated carbocycles. The molecule has 8 atom stereocenters. The van der Waals surface area contributed by atoms with Crippen LogP contribution in [0.2, 0.25) is 0 Å². The number of cyclic esters (lactones) is 1. The van der Waals surface area contributed by atoms with Gasteiger partial charge >= 0.3 is 12.0 Å². The fraction of sp³-hybridized carbons (Fsp3) is 0.550. The zero-order chi connectivity index (χ0) is 41.8. The maximum atomic E-state index is 14.7. The van der Waals surface area contributed by atoms with Crippen molar-refractivity contribution in [2.75, 3.05) is 25.0 Å². The monoisotopic (exact) mass is 808 g/mol. The Morgan fingerprint density at radius 1 is 0.879 bits per heavy atom. The average molecular weight is 809 g/mol. The maximum absolute atomic E-state index is 14.7. The lowest BCUT2D eigenvalue weighted by molar-refractivity contribution is -0.163. The molecule has 7 amide bonds. The standard InChI is InChI=1S/C40H50F2N8O8/c1-21-14-32-39(56)58-24(4)33(47-34(51)29(17-25-15-26(41)18-27(42)16-25)46-40(57)45-28-11-10-22(2)43-19-28)38(55)49-13-7-9-31(49)37(54)48-12-6-5-8-30(48)35(52)44-23(3)36(53)50(32)20-21/h10-11,15-16,18-19,21,23-24,29-33H,5-9,12-14,17,20H2,1-4H3,(H,44,52)(H,47,51)(H2,45,46,57)/t21-,23+,24+,29+,30+,31+,32+,33+/m1/s1. The number of nitrogens with one attached hydrogen (secondary N) is 4. The van der Waals surface area contributed by atoms with E-state index in [9.17, 15) is 42.3 Å². The summed E-state index contributed by atoms with van der Waals surface area (Å²) in [6.07, 6.45) is 2.16. The van der Waals surface area contributed by atoms with E-state index in [1.807, 2.05) is 6.92 Å². The average Bonchev–Trinajstić information content (AvgIpc) is 3.83. The molecule has 0 unspecified atom stereocenters. The van der Waals surface area contributed by atoms with Crippen molar-refractivity contribution in [2.45, 2.75) is 115 Å². The number of benzene rings is 1. The van der Waals surface area contributed by atoms with E-state index in [2.05, 4.69) is 26.3 Å². The number of ether oxygens (including phenoxy) is 1. The number of hydrogen-bond donors (Lipinski definition) is 4. The molecule has 4 saturated heterocycles. The van der Waals surface area contributed by atoms with Gasteiger partial charge < -0.3 is 40.7 Å². The third-order valence-electron chi connectivity index (χ3n) is 11.2. The van der Waals surface area contributed by atoms with Gasteiger partial charge in [0.05, 0.1) is 11.9 Å². The SMILES string of the molecule is Cc1ccc(NC(=O)N[C@@H](Cc2cc(F)cc(F)c2)C(=O)N[C@@H]2C(=O)N3CCC[C@H]3C(=O)N3CCCC[C@H]3C(=O)N[C@@H](C)C(=O)N3C[C@H](C)C[C@H]3C(=O)O[C@H]2C)cn1. The number of hydrogen-bond acceptors (Lipinski definition) is 9. The predicted octanol–water partition coefficient (Wildman–Crippen LogP) is 1.94.